The molecule has 1 aromatic carbocycles. The van der Waals surface area contributed by atoms with E-state index >= 15 is 0 Å². The Kier molecular flexibility index (Phi) is 4.98. The van der Waals surface area contributed by atoms with E-state index in [0.717, 1.165) is 5.56 Å². The Hall–Kier alpha value is -2.99. The maximum Gasteiger partial charge on any atom is 0.265 e. The van der Waals surface area contributed by atoms with Gasteiger partial charge in [-0.2, -0.15) is 0 Å². The van der Waals surface area contributed by atoms with Gasteiger partial charge in [0.05, 0.1) is 10.4 Å². The molecule has 5 nitrogen and oxygen atoms in total. The Balaban J connectivity index is 1.61. The molecule has 0 bridgehead atoms. The van der Waals surface area contributed by atoms with Gasteiger partial charge in [0.2, 0.25) is 0 Å². The number of carbonyl (C=O) groups is 2. The second-order valence-corrected chi connectivity index (χ2v) is 6.00. The molecule has 120 valence electrons. The summed E-state index contributed by atoms with van der Waals surface area (Å²) in [6.45, 7) is 0.371. The molecule has 0 unspecified atom stereocenters. The molecule has 2 N–H and O–H groups in total. The second-order valence-electron chi connectivity index (χ2n) is 5.06. The minimum atomic E-state index is -0.184. The lowest BCUT2D eigenvalue weighted by Gasteiger charge is -2.08. The molecule has 2 amide bonds. The van der Waals surface area contributed by atoms with Gasteiger partial charge in [0.1, 0.15) is 0 Å². The number of hydrogen-bond donors (Lipinski definition) is 2. The standard InChI is InChI=1S/C18H15N3O2S/c22-17(14-5-2-8-19-12-14)20-11-13-4-1-6-15(10-13)21-18(23)16-7-3-9-24-16/h1-10,12H,11H2,(H,20,22)(H,21,23). The SMILES string of the molecule is O=C(NCc1cccc(NC(=O)c2cccs2)c1)c1cccnc1. The molecule has 0 saturated heterocycles. The first kappa shape index (κ1) is 15.9. The van der Waals surface area contributed by atoms with Crippen LogP contribution in [0.3, 0.4) is 0 Å². The maximum atomic E-state index is 12.1. The summed E-state index contributed by atoms with van der Waals surface area (Å²) in [6.07, 6.45) is 3.14. The van der Waals surface area contributed by atoms with Crippen LogP contribution in [0.15, 0.2) is 66.3 Å². The average Bonchev–Trinajstić information content (AvgIpc) is 3.15. The second kappa shape index (κ2) is 7.52. The maximum absolute atomic E-state index is 12.1. The molecular formula is C18H15N3O2S. The molecule has 0 radical (unpaired) electrons. The van der Waals surface area contributed by atoms with E-state index in [-0.39, 0.29) is 11.8 Å². The number of hydrogen-bond acceptors (Lipinski definition) is 4. The zero-order chi connectivity index (χ0) is 16.8. The Morgan fingerprint density at radius 1 is 1.04 bits per heavy atom. The van der Waals surface area contributed by atoms with E-state index in [1.54, 1.807) is 24.4 Å². The van der Waals surface area contributed by atoms with Gasteiger partial charge in [0.15, 0.2) is 0 Å². The van der Waals surface area contributed by atoms with Crippen molar-refractivity contribution in [2.24, 2.45) is 0 Å². The molecule has 0 spiro atoms. The van der Waals surface area contributed by atoms with Crippen molar-refractivity contribution in [1.82, 2.24) is 10.3 Å². The third-order valence-corrected chi connectivity index (χ3v) is 4.18. The van der Waals surface area contributed by atoms with Gasteiger partial charge < -0.3 is 10.6 Å². The number of nitrogens with one attached hydrogen (secondary N) is 2. The lowest BCUT2D eigenvalue weighted by Crippen LogP contribution is -2.22. The summed E-state index contributed by atoms with van der Waals surface area (Å²) in [7, 11) is 0. The van der Waals surface area contributed by atoms with E-state index in [1.807, 2.05) is 35.7 Å². The molecule has 0 aliphatic carbocycles. The lowest BCUT2D eigenvalue weighted by molar-refractivity contribution is 0.0949. The van der Waals surface area contributed by atoms with Crippen LogP contribution in [-0.4, -0.2) is 16.8 Å². The highest BCUT2D eigenvalue weighted by Crippen LogP contribution is 2.15. The van der Waals surface area contributed by atoms with Crippen LogP contribution in [0, 0.1) is 0 Å². The molecule has 3 rings (SSSR count). The molecule has 0 atom stereocenters. The minimum absolute atomic E-state index is 0.137. The van der Waals surface area contributed by atoms with Crippen molar-refractivity contribution in [1.29, 1.82) is 0 Å². The number of benzene rings is 1. The van der Waals surface area contributed by atoms with Crippen LogP contribution >= 0.6 is 11.3 Å². The number of amides is 2. The number of rotatable bonds is 5. The lowest BCUT2D eigenvalue weighted by atomic mass is 10.2. The first-order valence-corrected chi connectivity index (χ1v) is 8.22. The van der Waals surface area contributed by atoms with Crippen LogP contribution < -0.4 is 10.6 Å². The van der Waals surface area contributed by atoms with Gasteiger partial charge >= 0.3 is 0 Å². The molecule has 0 aliphatic heterocycles. The van der Waals surface area contributed by atoms with Crippen LogP contribution in [0.25, 0.3) is 0 Å². The quantitative estimate of drug-likeness (QED) is 0.750. The van der Waals surface area contributed by atoms with Gasteiger partial charge in [0.25, 0.3) is 11.8 Å². The van der Waals surface area contributed by atoms with Crippen molar-refractivity contribution in [2.45, 2.75) is 6.54 Å². The molecular weight excluding hydrogens is 322 g/mol. The van der Waals surface area contributed by atoms with Gasteiger partial charge in [-0.15, -0.1) is 11.3 Å². The van der Waals surface area contributed by atoms with E-state index in [1.165, 1.54) is 17.5 Å². The van der Waals surface area contributed by atoms with Crippen LogP contribution in [0.2, 0.25) is 0 Å². The predicted octanol–water partition coefficient (Wildman–Crippen LogP) is 3.33. The summed E-state index contributed by atoms with van der Waals surface area (Å²) in [5.74, 6) is -0.322. The van der Waals surface area contributed by atoms with Crippen molar-refractivity contribution in [3.05, 3.63) is 82.3 Å². The fraction of sp³-hybridized carbons (Fsp3) is 0.0556. The molecule has 2 aromatic heterocycles. The highest BCUT2D eigenvalue weighted by Gasteiger charge is 2.08. The third kappa shape index (κ3) is 4.05. The highest BCUT2D eigenvalue weighted by atomic mass is 32.1. The fourth-order valence-corrected chi connectivity index (χ4v) is 2.76. The Labute approximate surface area is 143 Å². The summed E-state index contributed by atoms with van der Waals surface area (Å²) in [5.41, 5.74) is 2.11. The smallest absolute Gasteiger partial charge is 0.265 e. The van der Waals surface area contributed by atoms with Crippen molar-refractivity contribution in [3.8, 4) is 0 Å². The molecule has 2 heterocycles. The molecule has 6 heteroatoms. The minimum Gasteiger partial charge on any atom is -0.348 e. The molecule has 24 heavy (non-hydrogen) atoms. The van der Waals surface area contributed by atoms with Gasteiger partial charge in [-0.05, 0) is 41.3 Å². The normalized spacial score (nSPS) is 10.2. The summed E-state index contributed by atoms with van der Waals surface area (Å²) < 4.78 is 0. The summed E-state index contributed by atoms with van der Waals surface area (Å²) >= 11 is 1.39. The first-order valence-electron chi connectivity index (χ1n) is 7.34. The summed E-state index contributed by atoms with van der Waals surface area (Å²) in [6, 6.07) is 14.4. The summed E-state index contributed by atoms with van der Waals surface area (Å²) in [5, 5.41) is 7.55. The van der Waals surface area contributed by atoms with Crippen LogP contribution in [0.5, 0.6) is 0 Å². The third-order valence-electron chi connectivity index (χ3n) is 3.31. The van der Waals surface area contributed by atoms with Gasteiger partial charge in [-0.25, -0.2) is 0 Å². The number of aromatic nitrogens is 1. The molecule has 0 aliphatic rings. The Bertz CT molecular complexity index is 832. The topological polar surface area (TPSA) is 71.1 Å². The van der Waals surface area contributed by atoms with E-state index in [2.05, 4.69) is 15.6 Å². The van der Waals surface area contributed by atoms with E-state index < -0.39 is 0 Å². The van der Waals surface area contributed by atoms with Crippen molar-refractivity contribution in [2.75, 3.05) is 5.32 Å². The number of pyridine rings is 1. The number of nitrogens with zero attached hydrogens (tertiary/aromatic N) is 1. The largest absolute Gasteiger partial charge is 0.348 e. The van der Waals surface area contributed by atoms with Crippen molar-refractivity contribution < 1.29 is 9.59 Å². The fourth-order valence-electron chi connectivity index (χ4n) is 2.14. The van der Waals surface area contributed by atoms with Crippen molar-refractivity contribution >= 4 is 28.8 Å². The molecule has 3 aromatic rings. The van der Waals surface area contributed by atoms with E-state index in [0.29, 0.717) is 22.7 Å². The summed E-state index contributed by atoms with van der Waals surface area (Å²) in [4.78, 5) is 28.7. The Morgan fingerprint density at radius 3 is 2.71 bits per heavy atom. The van der Waals surface area contributed by atoms with E-state index in [9.17, 15) is 9.59 Å². The predicted molar refractivity (Wildman–Crippen MR) is 94.1 cm³/mol. The number of thiophene rings is 1. The average molecular weight is 337 g/mol. The molecule has 0 fully saturated rings. The highest BCUT2D eigenvalue weighted by molar-refractivity contribution is 7.12. The number of anilines is 1. The zero-order valence-corrected chi connectivity index (χ0v) is 13.5. The monoisotopic (exact) mass is 337 g/mol. The van der Waals surface area contributed by atoms with Gasteiger partial charge in [-0.3, -0.25) is 14.6 Å². The van der Waals surface area contributed by atoms with Crippen LogP contribution in [0.1, 0.15) is 25.6 Å². The zero-order valence-electron chi connectivity index (χ0n) is 12.7. The van der Waals surface area contributed by atoms with Crippen LogP contribution in [-0.2, 0) is 6.54 Å². The van der Waals surface area contributed by atoms with Gasteiger partial charge in [0, 0.05) is 24.6 Å². The van der Waals surface area contributed by atoms with E-state index in [4.69, 9.17) is 0 Å². The van der Waals surface area contributed by atoms with Crippen LogP contribution in [0.4, 0.5) is 5.69 Å². The number of carbonyl (C=O) groups excluding carboxylic acids is 2. The van der Waals surface area contributed by atoms with Crippen molar-refractivity contribution in [3.63, 3.8) is 0 Å². The first-order chi connectivity index (χ1) is 11.7. The van der Waals surface area contributed by atoms with Gasteiger partial charge in [-0.1, -0.05) is 18.2 Å². The molecule has 0 saturated carbocycles. The Morgan fingerprint density at radius 2 is 1.96 bits per heavy atom.